The first-order chi connectivity index (χ1) is 12.1. The van der Waals surface area contributed by atoms with E-state index in [1.54, 1.807) is 11.5 Å². The SMILES string of the molecule is O=C(CC1C[C@H]2CC[C@H]1C2)NC1CCCc2cc(C(=O)NO)ccc21. The van der Waals surface area contributed by atoms with Gasteiger partial charge in [-0.15, -0.1) is 0 Å². The summed E-state index contributed by atoms with van der Waals surface area (Å²) in [5, 5.41) is 12.0. The van der Waals surface area contributed by atoms with Crippen LogP contribution in [0.5, 0.6) is 0 Å². The Morgan fingerprint density at radius 1 is 1.16 bits per heavy atom. The zero-order valence-corrected chi connectivity index (χ0v) is 14.5. The minimum Gasteiger partial charge on any atom is -0.349 e. The van der Waals surface area contributed by atoms with Crippen LogP contribution in [-0.2, 0) is 11.2 Å². The Bertz CT molecular complexity index is 688. The van der Waals surface area contributed by atoms with Crippen LogP contribution in [0.1, 0.15) is 72.5 Å². The summed E-state index contributed by atoms with van der Waals surface area (Å²) >= 11 is 0. The molecule has 2 amide bonds. The van der Waals surface area contributed by atoms with Gasteiger partial charge >= 0.3 is 0 Å². The average Bonchev–Trinajstić information content (AvgIpc) is 3.23. The highest BCUT2D eigenvalue weighted by Crippen LogP contribution is 2.49. The minimum atomic E-state index is -0.495. The largest absolute Gasteiger partial charge is 0.349 e. The Morgan fingerprint density at radius 3 is 2.76 bits per heavy atom. The summed E-state index contributed by atoms with van der Waals surface area (Å²) < 4.78 is 0. The number of hydrogen-bond donors (Lipinski definition) is 3. The first kappa shape index (κ1) is 16.6. The van der Waals surface area contributed by atoms with Crippen molar-refractivity contribution >= 4 is 11.8 Å². The Labute approximate surface area is 148 Å². The number of rotatable bonds is 4. The Balaban J connectivity index is 1.42. The molecule has 5 heteroatoms. The van der Waals surface area contributed by atoms with Gasteiger partial charge in [0.2, 0.25) is 5.91 Å². The van der Waals surface area contributed by atoms with Gasteiger partial charge < -0.3 is 5.32 Å². The van der Waals surface area contributed by atoms with E-state index in [0.717, 1.165) is 42.2 Å². The lowest BCUT2D eigenvalue weighted by Crippen LogP contribution is -2.33. The van der Waals surface area contributed by atoms with Crippen LogP contribution in [0.4, 0.5) is 0 Å². The van der Waals surface area contributed by atoms with E-state index in [2.05, 4.69) is 5.32 Å². The molecule has 3 N–H and O–H groups in total. The number of hydroxylamine groups is 1. The smallest absolute Gasteiger partial charge is 0.274 e. The van der Waals surface area contributed by atoms with E-state index in [4.69, 9.17) is 5.21 Å². The first-order valence-corrected chi connectivity index (χ1v) is 9.50. The summed E-state index contributed by atoms with van der Waals surface area (Å²) in [5.74, 6) is 1.90. The van der Waals surface area contributed by atoms with E-state index in [9.17, 15) is 9.59 Å². The maximum Gasteiger partial charge on any atom is 0.274 e. The molecule has 3 aliphatic carbocycles. The van der Waals surface area contributed by atoms with Gasteiger partial charge in [-0.1, -0.05) is 12.5 Å². The third-order valence-corrected chi connectivity index (χ3v) is 6.49. The van der Waals surface area contributed by atoms with E-state index in [0.29, 0.717) is 17.9 Å². The lowest BCUT2D eigenvalue weighted by molar-refractivity contribution is -0.123. The summed E-state index contributed by atoms with van der Waals surface area (Å²) in [5.41, 5.74) is 4.34. The molecule has 134 valence electrons. The lowest BCUT2D eigenvalue weighted by atomic mass is 9.84. The van der Waals surface area contributed by atoms with Crippen molar-refractivity contribution in [2.45, 2.75) is 57.4 Å². The fourth-order valence-corrected chi connectivity index (χ4v) is 5.29. The molecule has 2 fully saturated rings. The molecular formula is C20H26N2O3. The molecule has 4 rings (SSSR count). The highest BCUT2D eigenvalue weighted by Gasteiger charge is 2.40. The molecule has 3 aliphatic rings. The second kappa shape index (κ2) is 6.79. The van der Waals surface area contributed by atoms with E-state index in [1.807, 2.05) is 12.1 Å². The number of benzene rings is 1. The van der Waals surface area contributed by atoms with Gasteiger partial charge in [0.25, 0.3) is 5.91 Å². The zero-order valence-electron chi connectivity index (χ0n) is 14.5. The van der Waals surface area contributed by atoms with Gasteiger partial charge in [0.15, 0.2) is 0 Å². The second-order valence-electron chi connectivity index (χ2n) is 8.01. The number of amides is 2. The summed E-state index contributed by atoms with van der Waals surface area (Å²) in [7, 11) is 0. The van der Waals surface area contributed by atoms with Crippen LogP contribution < -0.4 is 10.8 Å². The molecule has 25 heavy (non-hydrogen) atoms. The van der Waals surface area contributed by atoms with Crippen molar-refractivity contribution in [3.63, 3.8) is 0 Å². The van der Waals surface area contributed by atoms with Crippen LogP contribution >= 0.6 is 0 Å². The van der Waals surface area contributed by atoms with E-state index in [-0.39, 0.29) is 11.9 Å². The predicted octanol–water partition coefficient (Wildman–Crippen LogP) is 3.13. The van der Waals surface area contributed by atoms with E-state index >= 15 is 0 Å². The number of hydrogen-bond acceptors (Lipinski definition) is 3. The third kappa shape index (κ3) is 3.30. The molecule has 5 nitrogen and oxygen atoms in total. The van der Waals surface area contributed by atoms with Gasteiger partial charge in [-0.3, -0.25) is 14.8 Å². The van der Waals surface area contributed by atoms with Gasteiger partial charge in [0, 0.05) is 12.0 Å². The Kier molecular flexibility index (Phi) is 4.50. The van der Waals surface area contributed by atoms with Gasteiger partial charge in [-0.25, -0.2) is 5.48 Å². The van der Waals surface area contributed by atoms with Gasteiger partial charge in [-0.05, 0) is 79.5 Å². The van der Waals surface area contributed by atoms with Crippen LogP contribution in [0.3, 0.4) is 0 Å². The van der Waals surface area contributed by atoms with Crippen LogP contribution in [0, 0.1) is 17.8 Å². The number of aryl methyl sites for hydroxylation is 1. The molecule has 0 heterocycles. The average molecular weight is 342 g/mol. The number of fused-ring (bicyclic) bond motifs is 3. The standard InChI is InChI=1S/C20H26N2O3/c23-19(11-16-9-12-4-5-13(16)8-12)21-18-3-1-2-14-10-15(20(24)22-25)6-7-17(14)18/h6-7,10,12-13,16,18,25H,1-5,8-9,11H2,(H,21,23)(H,22,24)/t12-,13-,16?,18?/m0/s1. The molecule has 1 aromatic rings. The van der Waals surface area contributed by atoms with Crippen molar-refractivity contribution in [2.75, 3.05) is 0 Å². The quantitative estimate of drug-likeness (QED) is 0.581. The maximum atomic E-state index is 12.6. The van der Waals surface area contributed by atoms with Crippen molar-refractivity contribution in [1.82, 2.24) is 10.8 Å². The molecule has 0 spiro atoms. The van der Waals surface area contributed by atoms with Crippen LogP contribution in [0.15, 0.2) is 18.2 Å². The normalized spacial score (nSPS) is 30.0. The molecule has 2 unspecified atom stereocenters. The fourth-order valence-electron chi connectivity index (χ4n) is 5.29. The van der Waals surface area contributed by atoms with Crippen molar-refractivity contribution in [3.05, 3.63) is 34.9 Å². The summed E-state index contributed by atoms with van der Waals surface area (Å²) in [6.45, 7) is 0. The Hall–Kier alpha value is -1.88. The first-order valence-electron chi connectivity index (χ1n) is 9.50. The monoisotopic (exact) mass is 342 g/mol. The van der Waals surface area contributed by atoms with Crippen LogP contribution in [0.2, 0.25) is 0 Å². The third-order valence-electron chi connectivity index (χ3n) is 6.49. The molecule has 0 saturated heterocycles. The molecular weight excluding hydrogens is 316 g/mol. The molecule has 2 saturated carbocycles. The van der Waals surface area contributed by atoms with Crippen molar-refractivity contribution in [3.8, 4) is 0 Å². The van der Waals surface area contributed by atoms with Crippen molar-refractivity contribution in [1.29, 1.82) is 0 Å². The summed E-state index contributed by atoms with van der Waals surface area (Å²) in [6, 6.07) is 5.50. The van der Waals surface area contributed by atoms with Gasteiger partial charge in [0.05, 0.1) is 6.04 Å². The highest BCUT2D eigenvalue weighted by atomic mass is 16.5. The molecule has 0 aliphatic heterocycles. The summed E-state index contributed by atoms with van der Waals surface area (Å²) in [6.07, 6.45) is 8.75. The highest BCUT2D eigenvalue weighted by molar-refractivity contribution is 5.93. The van der Waals surface area contributed by atoms with Crippen LogP contribution in [-0.4, -0.2) is 17.0 Å². The topological polar surface area (TPSA) is 78.4 Å². The molecule has 1 aromatic carbocycles. The number of nitrogens with one attached hydrogen (secondary N) is 2. The summed E-state index contributed by atoms with van der Waals surface area (Å²) in [4.78, 5) is 24.2. The van der Waals surface area contributed by atoms with E-state index < -0.39 is 5.91 Å². The molecule has 0 aromatic heterocycles. The van der Waals surface area contributed by atoms with Crippen molar-refractivity contribution in [2.24, 2.45) is 17.8 Å². The maximum absolute atomic E-state index is 12.6. The second-order valence-corrected chi connectivity index (χ2v) is 8.01. The minimum absolute atomic E-state index is 0.0427. The predicted molar refractivity (Wildman–Crippen MR) is 93.1 cm³/mol. The van der Waals surface area contributed by atoms with Gasteiger partial charge in [-0.2, -0.15) is 0 Å². The van der Waals surface area contributed by atoms with E-state index in [1.165, 1.54) is 25.7 Å². The molecule has 2 bridgehead atoms. The van der Waals surface area contributed by atoms with Crippen molar-refractivity contribution < 1.29 is 14.8 Å². The molecule has 0 radical (unpaired) electrons. The molecule has 4 atom stereocenters. The Morgan fingerprint density at radius 2 is 2.04 bits per heavy atom. The fraction of sp³-hybridized carbons (Fsp3) is 0.600. The lowest BCUT2D eigenvalue weighted by Gasteiger charge is -2.28. The zero-order chi connectivity index (χ0) is 17.4. The van der Waals surface area contributed by atoms with Gasteiger partial charge in [0.1, 0.15) is 0 Å². The number of carbonyl (C=O) groups is 2. The van der Waals surface area contributed by atoms with Crippen LogP contribution in [0.25, 0.3) is 0 Å². The number of carbonyl (C=O) groups excluding carboxylic acids is 2.